The molecule has 1 saturated carbocycles. The second-order valence-electron chi connectivity index (χ2n) is 6.79. The Morgan fingerprint density at radius 1 is 1.19 bits per heavy atom. The first-order valence-corrected chi connectivity index (χ1v) is 7.98. The van der Waals surface area contributed by atoms with Gasteiger partial charge in [0.2, 0.25) is 0 Å². The molecule has 0 radical (unpaired) electrons. The molecule has 0 heterocycles. The van der Waals surface area contributed by atoms with Crippen LogP contribution in [0, 0.1) is 12.3 Å². The number of aryl methyl sites for hydroxylation is 1. The van der Waals surface area contributed by atoms with Crippen LogP contribution in [0.2, 0.25) is 0 Å². The van der Waals surface area contributed by atoms with Crippen LogP contribution in [-0.2, 0) is 9.53 Å². The van der Waals surface area contributed by atoms with E-state index in [1.54, 1.807) is 0 Å². The van der Waals surface area contributed by atoms with Gasteiger partial charge < -0.3 is 4.74 Å². The maximum atomic E-state index is 11.3. The van der Waals surface area contributed by atoms with Gasteiger partial charge >= 0.3 is 5.97 Å². The van der Waals surface area contributed by atoms with Gasteiger partial charge in [0.25, 0.3) is 0 Å². The van der Waals surface area contributed by atoms with Gasteiger partial charge in [0.1, 0.15) is 5.76 Å². The molecule has 0 aromatic heterocycles. The molecular weight excluding hydrogens is 260 g/mol. The van der Waals surface area contributed by atoms with Crippen molar-refractivity contribution < 1.29 is 9.53 Å². The summed E-state index contributed by atoms with van der Waals surface area (Å²) in [5.41, 5.74) is 4.32. The van der Waals surface area contributed by atoms with Gasteiger partial charge in [-0.1, -0.05) is 36.8 Å². The highest BCUT2D eigenvalue weighted by molar-refractivity contribution is 5.67. The number of hydrogen-bond acceptors (Lipinski definition) is 2. The van der Waals surface area contributed by atoms with Gasteiger partial charge in [-0.15, -0.1) is 0 Å². The first-order valence-electron chi connectivity index (χ1n) is 7.98. The lowest BCUT2D eigenvalue weighted by Crippen LogP contribution is -2.14. The van der Waals surface area contributed by atoms with E-state index in [2.05, 4.69) is 38.1 Å². The molecule has 2 aliphatic carbocycles. The number of esters is 1. The molecule has 1 aromatic rings. The van der Waals surface area contributed by atoms with Crippen LogP contribution in [-0.4, -0.2) is 5.97 Å². The van der Waals surface area contributed by atoms with Gasteiger partial charge in [0.15, 0.2) is 0 Å². The Kier molecular flexibility index (Phi) is 3.64. The van der Waals surface area contributed by atoms with Gasteiger partial charge in [-0.25, -0.2) is 0 Å². The molecule has 1 aromatic carbocycles. The van der Waals surface area contributed by atoms with Crippen LogP contribution in [0.3, 0.4) is 0 Å². The fraction of sp³-hybridized carbons (Fsp3) is 0.526. The van der Waals surface area contributed by atoms with Crippen LogP contribution in [0.4, 0.5) is 0 Å². The fourth-order valence-electron chi connectivity index (χ4n) is 3.75. The van der Waals surface area contributed by atoms with Crippen molar-refractivity contribution in [2.75, 3.05) is 0 Å². The van der Waals surface area contributed by atoms with E-state index < -0.39 is 0 Å². The van der Waals surface area contributed by atoms with Crippen LogP contribution in [0.5, 0.6) is 0 Å². The summed E-state index contributed by atoms with van der Waals surface area (Å²) in [6.07, 6.45) is 5.54. The van der Waals surface area contributed by atoms with Crippen molar-refractivity contribution in [1.29, 1.82) is 0 Å². The largest absolute Gasteiger partial charge is 0.431 e. The monoisotopic (exact) mass is 284 g/mol. The van der Waals surface area contributed by atoms with E-state index >= 15 is 0 Å². The zero-order valence-corrected chi connectivity index (χ0v) is 13.2. The summed E-state index contributed by atoms with van der Waals surface area (Å²) in [4.78, 5) is 11.3. The average Bonchev–Trinajstić information content (AvgIpc) is 3.13. The highest BCUT2D eigenvalue weighted by Crippen LogP contribution is 2.65. The zero-order chi connectivity index (χ0) is 15.0. The summed E-state index contributed by atoms with van der Waals surface area (Å²) in [6.45, 7) is 5.96. The maximum absolute atomic E-state index is 11.3. The molecule has 2 nitrogen and oxygen atoms in total. The SMILES string of the molecule is CC(=O)OC1=C([C@@]2(C)C[C@@H]2c2ccc(C)cc2)CCCC1. The molecular formula is C19H24O2. The first-order chi connectivity index (χ1) is 10.0. The quantitative estimate of drug-likeness (QED) is 0.739. The summed E-state index contributed by atoms with van der Waals surface area (Å²) in [5.74, 6) is 1.36. The topological polar surface area (TPSA) is 26.3 Å². The minimum absolute atomic E-state index is 0.180. The van der Waals surface area contributed by atoms with Crippen molar-refractivity contribution in [2.45, 2.75) is 58.8 Å². The van der Waals surface area contributed by atoms with Crippen LogP contribution in [0.15, 0.2) is 35.6 Å². The van der Waals surface area contributed by atoms with Gasteiger partial charge in [0, 0.05) is 13.3 Å². The van der Waals surface area contributed by atoms with E-state index in [1.807, 2.05) is 0 Å². The van der Waals surface area contributed by atoms with Crippen molar-refractivity contribution in [3.8, 4) is 0 Å². The predicted octanol–water partition coefficient (Wildman–Crippen LogP) is 4.88. The van der Waals surface area contributed by atoms with Crippen LogP contribution in [0.25, 0.3) is 0 Å². The van der Waals surface area contributed by atoms with Gasteiger partial charge in [-0.2, -0.15) is 0 Å². The van der Waals surface area contributed by atoms with Crippen LogP contribution in [0.1, 0.15) is 63.0 Å². The Morgan fingerprint density at radius 2 is 1.86 bits per heavy atom. The molecule has 2 heteroatoms. The molecule has 0 aliphatic heterocycles. The molecule has 0 saturated heterocycles. The zero-order valence-electron chi connectivity index (χ0n) is 13.2. The summed E-state index contributed by atoms with van der Waals surface area (Å²) >= 11 is 0. The summed E-state index contributed by atoms with van der Waals surface area (Å²) < 4.78 is 5.51. The first kappa shape index (κ1) is 14.4. The third kappa shape index (κ3) is 2.76. The number of carbonyl (C=O) groups is 1. The minimum atomic E-state index is -0.180. The Morgan fingerprint density at radius 3 is 2.52 bits per heavy atom. The van der Waals surface area contributed by atoms with E-state index in [-0.39, 0.29) is 11.4 Å². The summed E-state index contributed by atoms with van der Waals surface area (Å²) in [5, 5.41) is 0. The molecule has 0 bridgehead atoms. The molecule has 112 valence electrons. The fourth-order valence-corrected chi connectivity index (χ4v) is 3.75. The number of ether oxygens (including phenoxy) is 1. The molecule has 0 N–H and O–H groups in total. The molecule has 3 rings (SSSR count). The van der Waals surface area contributed by atoms with Crippen LogP contribution >= 0.6 is 0 Å². The van der Waals surface area contributed by atoms with E-state index in [4.69, 9.17) is 4.74 Å². The van der Waals surface area contributed by atoms with Crippen molar-refractivity contribution in [3.63, 3.8) is 0 Å². The summed E-state index contributed by atoms with van der Waals surface area (Å²) in [7, 11) is 0. The van der Waals surface area contributed by atoms with Crippen molar-refractivity contribution in [3.05, 3.63) is 46.7 Å². The average molecular weight is 284 g/mol. The summed E-state index contributed by atoms with van der Waals surface area (Å²) in [6, 6.07) is 8.88. The van der Waals surface area contributed by atoms with Crippen molar-refractivity contribution in [2.24, 2.45) is 5.41 Å². The molecule has 0 amide bonds. The van der Waals surface area contributed by atoms with Gasteiger partial charge in [0.05, 0.1) is 0 Å². The number of allylic oxidation sites excluding steroid dienone is 2. The Balaban J connectivity index is 1.86. The van der Waals surface area contributed by atoms with E-state index in [1.165, 1.54) is 36.5 Å². The lowest BCUT2D eigenvalue weighted by Gasteiger charge is -2.25. The smallest absolute Gasteiger partial charge is 0.307 e. The third-order valence-electron chi connectivity index (χ3n) is 5.09. The lowest BCUT2D eigenvalue weighted by molar-refractivity contribution is -0.137. The standard InChI is InChI=1S/C19H24O2/c1-13-8-10-15(11-9-13)17-12-19(17,3)16-6-4-5-7-18(16)21-14(2)20/h8-11,17H,4-7,12H2,1-3H3/t17-,19-/m1/s1. The minimum Gasteiger partial charge on any atom is -0.431 e. The second-order valence-corrected chi connectivity index (χ2v) is 6.79. The van der Waals surface area contributed by atoms with E-state index in [9.17, 15) is 4.79 Å². The molecule has 0 unspecified atom stereocenters. The molecule has 21 heavy (non-hydrogen) atoms. The normalized spacial score (nSPS) is 28.4. The van der Waals surface area contributed by atoms with Crippen molar-refractivity contribution in [1.82, 2.24) is 0 Å². The van der Waals surface area contributed by atoms with Gasteiger partial charge in [-0.3, -0.25) is 4.79 Å². The third-order valence-corrected chi connectivity index (χ3v) is 5.09. The Hall–Kier alpha value is -1.57. The molecule has 0 spiro atoms. The van der Waals surface area contributed by atoms with E-state index in [0.717, 1.165) is 25.0 Å². The predicted molar refractivity (Wildman–Crippen MR) is 83.9 cm³/mol. The lowest BCUT2D eigenvalue weighted by atomic mass is 9.84. The molecule has 2 aliphatic rings. The molecule has 2 atom stereocenters. The number of hydrogen-bond donors (Lipinski definition) is 0. The number of rotatable bonds is 3. The maximum Gasteiger partial charge on any atom is 0.307 e. The van der Waals surface area contributed by atoms with Crippen LogP contribution < -0.4 is 0 Å². The Bertz CT molecular complexity index is 582. The molecule has 1 fully saturated rings. The van der Waals surface area contributed by atoms with E-state index in [0.29, 0.717) is 5.92 Å². The highest BCUT2D eigenvalue weighted by Gasteiger charge is 2.54. The number of benzene rings is 1. The second kappa shape index (κ2) is 5.32. The van der Waals surface area contributed by atoms with Gasteiger partial charge in [-0.05, 0) is 55.1 Å². The Labute approximate surface area is 127 Å². The van der Waals surface area contributed by atoms with Crippen molar-refractivity contribution >= 4 is 5.97 Å². The highest BCUT2D eigenvalue weighted by atomic mass is 16.5. The number of carbonyl (C=O) groups excluding carboxylic acids is 1.